The Labute approximate surface area is 521 Å². The molecule has 2 aromatic carbocycles. The fraction of sp³-hybridized carbons (Fsp3) is 0.500. The number of nitrogens with zero attached hydrogens (tertiary/aromatic N) is 2. The molecule has 4 rings (SSSR count). The van der Waals surface area contributed by atoms with Crippen molar-refractivity contribution in [3.63, 3.8) is 0 Å². The van der Waals surface area contributed by atoms with Gasteiger partial charge in [-0.3, -0.25) is 52.7 Å². The van der Waals surface area contributed by atoms with Crippen molar-refractivity contribution in [2.24, 2.45) is 34.8 Å². The van der Waals surface area contributed by atoms with Gasteiger partial charge >= 0.3 is 5.97 Å². The molecule has 20 N–H and O–H groups in total. The minimum absolute atomic E-state index is 0.00892. The molecule has 0 saturated carbocycles. The third-order valence-corrected chi connectivity index (χ3v) is 14.3. The Morgan fingerprint density at radius 1 is 0.467 bits per heavy atom. The van der Waals surface area contributed by atoms with Crippen molar-refractivity contribution in [1.82, 2.24) is 67.8 Å². The van der Waals surface area contributed by atoms with Gasteiger partial charge in [-0.25, -0.2) is 14.8 Å². The average molecular weight is 1250 g/mol. The molecule has 0 radical (unpaired) electrons. The molecule has 0 bridgehead atoms. The molecule has 2 aromatic heterocycles. The summed E-state index contributed by atoms with van der Waals surface area (Å²) in [5, 5.41) is 33.3. The molecular weight excluding hydrogens is 1170 g/mol. The SMILES string of the molecule is CC(C)C[C@@H](NC(=O)[C@@H](CCCCN)NC(=O)[C@@H](CCC(N)=O)NC(=O)[C@@H](Cc1cnc[nH]1)NC(=O)[C@H](N)Cc1cnc[nH]1)C(=O)N[C@@H](C(=O)N[C@H](Cc1ccccc1)C(=O)N[C@H](Cc1ccccc1)C(=O)N[C@H](C)C(=O)N[C@H](CCC(N)=O)C(=O)O)C(C)C. The first-order chi connectivity index (χ1) is 42.7. The van der Waals surface area contributed by atoms with Crippen LogP contribution in [-0.4, -0.2) is 163 Å². The molecule has 0 aliphatic heterocycles. The topological polar surface area (TPSA) is 495 Å². The van der Waals surface area contributed by atoms with Crippen molar-refractivity contribution in [2.45, 2.75) is 172 Å². The highest BCUT2D eigenvalue weighted by Gasteiger charge is 2.37. The largest absolute Gasteiger partial charge is 0.480 e. The van der Waals surface area contributed by atoms with Crippen LogP contribution in [0.5, 0.6) is 0 Å². The molecule has 0 saturated heterocycles. The number of aromatic nitrogens is 4. The highest BCUT2D eigenvalue weighted by molar-refractivity contribution is 5.99. The first kappa shape index (κ1) is 72.9. The standard InChI is InChI=1S/C60H87N17O13/c1-33(2)24-44(74-53(82)41(18-12-13-23-61)70-54(83)42(19-21-48(63)78)71-57(86)47(28-39-30-66-32-68-39)73-52(81)40(62)27-38-29-65-31-67-38)58(87)77-50(34(3)4)59(88)76-46(26-37-16-10-7-11-17-37)56(85)75-45(25-36-14-8-6-9-15-36)55(84)69-35(5)51(80)72-43(60(89)90)20-22-49(64)79/h6-11,14-17,29-35,40-47,50H,12-13,18-28,61-62H2,1-5H3,(H2,63,78)(H2,64,79)(H,65,67)(H,66,68)(H,69,84)(H,70,83)(H,71,86)(H,72,80)(H,73,81)(H,74,82)(H,75,85)(H,76,88)(H,77,87)(H,89,90)/t35-,40-,41-,42-,43-,44-,45-,46-,47-,50-/m1/s1. The number of imidazole rings is 2. The number of hydrogen-bond acceptors (Lipinski definition) is 16. The van der Waals surface area contributed by atoms with Gasteiger partial charge in [-0.2, -0.15) is 0 Å². The third kappa shape index (κ3) is 25.6. The summed E-state index contributed by atoms with van der Waals surface area (Å²) >= 11 is 0. The Kier molecular flexibility index (Phi) is 30.2. The van der Waals surface area contributed by atoms with Crippen LogP contribution in [0.2, 0.25) is 0 Å². The summed E-state index contributed by atoms with van der Waals surface area (Å²) in [5.74, 6) is -11.4. The highest BCUT2D eigenvalue weighted by Crippen LogP contribution is 2.14. The van der Waals surface area contributed by atoms with E-state index >= 15 is 0 Å². The fourth-order valence-corrected chi connectivity index (χ4v) is 9.33. The number of rotatable bonds is 40. The molecule has 0 unspecified atom stereocenters. The number of nitrogens with one attached hydrogen (secondary N) is 11. The molecule has 0 aliphatic rings. The lowest BCUT2D eigenvalue weighted by atomic mass is 9.98. The van der Waals surface area contributed by atoms with E-state index in [1.54, 1.807) is 88.4 Å². The van der Waals surface area contributed by atoms with Crippen LogP contribution in [0.15, 0.2) is 85.7 Å². The van der Waals surface area contributed by atoms with Gasteiger partial charge in [0.2, 0.25) is 65.0 Å². The number of benzene rings is 2. The zero-order valence-corrected chi connectivity index (χ0v) is 51.3. The number of carboxylic acids is 1. The van der Waals surface area contributed by atoms with Gasteiger partial charge in [-0.05, 0) is 75.0 Å². The second-order valence-corrected chi connectivity index (χ2v) is 22.7. The number of nitrogens with two attached hydrogens (primary N) is 4. The lowest BCUT2D eigenvalue weighted by molar-refractivity contribution is -0.142. The summed E-state index contributed by atoms with van der Waals surface area (Å²) in [4.78, 5) is 176. The van der Waals surface area contributed by atoms with Crippen LogP contribution < -0.4 is 70.8 Å². The van der Waals surface area contributed by atoms with Crippen molar-refractivity contribution in [2.75, 3.05) is 6.54 Å². The molecule has 0 spiro atoms. The Morgan fingerprint density at radius 2 is 0.878 bits per heavy atom. The molecular formula is C60H87N17O13. The normalized spacial score (nSPS) is 14.5. The van der Waals surface area contributed by atoms with Gasteiger partial charge in [0.25, 0.3) is 0 Å². The second kappa shape index (κ2) is 37.3. The minimum Gasteiger partial charge on any atom is -0.480 e. The molecule has 90 heavy (non-hydrogen) atoms. The van der Waals surface area contributed by atoms with Crippen LogP contribution in [0.3, 0.4) is 0 Å². The summed E-state index contributed by atoms with van der Waals surface area (Å²) in [6.07, 6.45) is 4.78. The predicted octanol–water partition coefficient (Wildman–Crippen LogP) is -2.44. The molecule has 0 aliphatic carbocycles. The number of aliphatic carboxylic acids is 1. The zero-order chi connectivity index (χ0) is 66.5. The first-order valence-electron chi connectivity index (χ1n) is 29.8. The van der Waals surface area contributed by atoms with Gasteiger partial charge in [0, 0.05) is 62.3 Å². The summed E-state index contributed by atoms with van der Waals surface area (Å²) in [5.41, 5.74) is 24.9. The van der Waals surface area contributed by atoms with E-state index in [1.807, 2.05) is 0 Å². The van der Waals surface area contributed by atoms with E-state index in [-0.39, 0.29) is 76.7 Å². The van der Waals surface area contributed by atoms with Crippen molar-refractivity contribution >= 4 is 70.9 Å². The van der Waals surface area contributed by atoms with E-state index < -0.39 is 137 Å². The van der Waals surface area contributed by atoms with Gasteiger partial charge < -0.3 is 85.9 Å². The smallest absolute Gasteiger partial charge is 0.326 e. The number of amides is 11. The lowest BCUT2D eigenvalue weighted by Gasteiger charge is -2.30. The number of carboxylic acid groups (broad SMARTS) is 1. The number of primary amides is 2. The third-order valence-electron chi connectivity index (χ3n) is 14.3. The van der Waals surface area contributed by atoms with E-state index in [9.17, 15) is 62.6 Å². The summed E-state index contributed by atoms with van der Waals surface area (Å²) < 4.78 is 0. The molecule has 0 fully saturated rings. The van der Waals surface area contributed by atoms with Gasteiger partial charge in [0.05, 0.1) is 18.7 Å². The Balaban J connectivity index is 1.57. The first-order valence-corrected chi connectivity index (χ1v) is 29.8. The van der Waals surface area contributed by atoms with E-state index in [0.717, 1.165) is 0 Å². The van der Waals surface area contributed by atoms with Gasteiger partial charge in [0.1, 0.15) is 54.4 Å². The maximum atomic E-state index is 14.6. The van der Waals surface area contributed by atoms with Gasteiger partial charge in [-0.1, -0.05) is 88.4 Å². The Hall–Kier alpha value is -9.58. The lowest BCUT2D eigenvalue weighted by Crippen LogP contribution is -2.61. The van der Waals surface area contributed by atoms with E-state index in [1.165, 1.54) is 32.0 Å². The maximum Gasteiger partial charge on any atom is 0.326 e. The number of H-pyrrole nitrogens is 2. The zero-order valence-electron chi connectivity index (χ0n) is 51.3. The average Bonchev–Trinajstić information content (AvgIpc) is 1.80. The van der Waals surface area contributed by atoms with E-state index in [4.69, 9.17) is 22.9 Å². The summed E-state index contributed by atoms with van der Waals surface area (Å²) in [7, 11) is 0. The number of carbonyl (C=O) groups is 12. The number of hydrogen-bond donors (Lipinski definition) is 16. The molecule has 30 heteroatoms. The van der Waals surface area contributed by atoms with Crippen molar-refractivity contribution < 1.29 is 62.6 Å². The molecule has 11 amide bonds. The Bertz CT molecular complexity index is 3000. The van der Waals surface area contributed by atoms with Gasteiger partial charge in [-0.15, -0.1) is 0 Å². The molecule has 30 nitrogen and oxygen atoms in total. The van der Waals surface area contributed by atoms with Crippen molar-refractivity contribution in [3.05, 3.63) is 108 Å². The van der Waals surface area contributed by atoms with Crippen LogP contribution >= 0.6 is 0 Å². The van der Waals surface area contributed by atoms with E-state index in [0.29, 0.717) is 35.4 Å². The quantitative estimate of drug-likeness (QED) is 0.0206. The Morgan fingerprint density at radius 3 is 1.34 bits per heavy atom. The molecule has 2 heterocycles. The predicted molar refractivity (Wildman–Crippen MR) is 328 cm³/mol. The molecule has 490 valence electrons. The van der Waals surface area contributed by atoms with Crippen LogP contribution in [0.4, 0.5) is 0 Å². The van der Waals surface area contributed by atoms with Crippen LogP contribution in [0, 0.1) is 11.8 Å². The summed E-state index contributed by atoms with van der Waals surface area (Å²) in [6, 6.07) is 3.54. The summed E-state index contributed by atoms with van der Waals surface area (Å²) in [6.45, 7) is 8.38. The monoisotopic (exact) mass is 1250 g/mol. The fourth-order valence-electron chi connectivity index (χ4n) is 9.33. The van der Waals surface area contributed by atoms with Crippen molar-refractivity contribution in [1.29, 1.82) is 0 Å². The van der Waals surface area contributed by atoms with Gasteiger partial charge in [0.15, 0.2) is 0 Å². The molecule has 10 atom stereocenters. The van der Waals surface area contributed by atoms with Crippen LogP contribution in [0.25, 0.3) is 0 Å². The number of unbranched alkanes of at least 4 members (excludes halogenated alkanes) is 1. The maximum absolute atomic E-state index is 14.6. The van der Waals surface area contributed by atoms with Crippen LogP contribution in [-0.2, 0) is 83.2 Å². The number of aromatic amines is 2. The minimum atomic E-state index is -1.51. The molecule has 4 aromatic rings. The van der Waals surface area contributed by atoms with Crippen molar-refractivity contribution in [3.8, 4) is 0 Å². The van der Waals surface area contributed by atoms with E-state index in [2.05, 4.69) is 67.8 Å². The van der Waals surface area contributed by atoms with Crippen LogP contribution in [0.1, 0.15) is 109 Å². The second-order valence-electron chi connectivity index (χ2n) is 22.7. The number of carbonyl (C=O) groups excluding carboxylic acids is 11. The highest BCUT2D eigenvalue weighted by atomic mass is 16.4.